The van der Waals surface area contributed by atoms with E-state index >= 15 is 0 Å². The summed E-state index contributed by atoms with van der Waals surface area (Å²) >= 11 is 3.26. The summed E-state index contributed by atoms with van der Waals surface area (Å²) in [6, 6.07) is 8.03. The third kappa shape index (κ3) is 3.39. The normalized spacial score (nSPS) is 15.8. The molecule has 5 nitrogen and oxygen atoms in total. The van der Waals surface area contributed by atoms with E-state index in [4.69, 9.17) is 20.2 Å². The van der Waals surface area contributed by atoms with Gasteiger partial charge in [-0.05, 0) is 37.1 Å². The molecule has 4 rings (SSSR count). The second kappa shape index (κ2) is 6.72. The highest BCUT2D eigenvalue weighted by atomic mass is 32.2. The summed E-state index contributed by atoms with van der Waals surface area (Å²) in [5, 5.41) is 1.72. The van der Waals surface area contributed by atoms with Gasteiger partial charge in [0.2, 0.25) is 0 Å². The third-order valence-corrected chi connectivity index (χ3v) is 6.48. The first kappa shape index (κ1) is 17.6. The number of aromatic nitrogens is 2. The smallest absolute Gasteiger partial charge is 0.191 e. The lowest BCUT2D eigenvalue weighted by Crippen LogP contribution is -2.31. The van der Waals surface area contributed by atoms with Gasteiger partial charge in [0.25, 0.3) is 0 Å². The Hall–Kier alpha value is -1.83. The number of fused-ring (bicyclic) bond motifs is 3. The van der Waals surface area contributed by atoms with Crippen LogP contribution >= 0.6 is 23.1 Å². The van der Waals surface area contributed by atoms with Crippen molar-refractivity contribution in [2.45, 2.75) is 43.4 Å². The predicted molar refractivity (Wildman–Crippen MR) is 107 cm³/mol. The highest BCUT2D eigenvalue weighted by Gasteiger charge is 2.30. The van der Waals surface area contributed by atoms with E-state index in [9.17, 15) is 0 Å². The fourth-order valence-corrected chi connectivity index (χ4v) is 5.06. The van der Waals surface area contributed by atoms with Crippen molar-refractivity contribution in [1.82, 2.24) is 9.97 Å². The molecule has 0 unspecified atom stereocenters. The fourth-order valence-electron chi connectivity index (χ4n) is 3.09. The minimum atomic E-state index is -0.171. The molecule has 0 spiro atoms. The molecule has 136 valence electrons. The van der Waals surface area contributed by atoms with Gasteiger partial charge in [0.1, 0.15) is 16.4 Å². The first-order valence-electron chi connectivity index (χ1n) is 8.42. The number of thiophene rings is 1. The molecule has 0 saturated carbocycles. The van der Waals surface area contributed by atoms with E-state index in [1.165, 1.54) is 16.0 Å². The van der Waals surface area contributed by atoms with Gasteiger partial charge in [0.15, 0.2) is 5.16 Å². The number of rotatable bonds is 4. The van der Waals surface area contributed by atoms with Crippen molar-refractivity contribution < 1.29 is 9.47 Å². The molecule has 3 heterocycles. The Morgan fingerprint density at radius 2 is 2.04 bits per heavy atom. The average Bonchev–Trinajstić information content (AvgIpc) is 2.97. The summed E-state index contributed by atoms with van der Waals surface area (Å²) in [6.45, 7) is 4.84. The van der Waals surface area contributed by atoms with Gasteiger partial charge in [0, 0.05) is 17.1 Å². The molecular formula is C19H21N3O2S2. The number of anilines is 1. The van der Waals surface area contributed by atoms with Crippen LogP contribution < -0.4 is 10.5 Å². The highest BCUT2D eigenvalue weighted by Crippen LogP contribution is 2.40. The number of benzene rings is 1. The lowest BCUT2D eigenvalue weighted by Gasteiger charge is -2.30. The maximum absolute atomic E-state index is 6.31. The molecule has 0 saturated heterocycles. The average molecular weight is 388 g/mol. The Balaban J connectivity index is 1.59. The van der Waals surface area contributed by atoms with Gasteiger partial charge in [0.05, 0.1) is 24.7 Å². The van der Waals surface area contributed by atoms with E-state index in [0.29, 0.717) is 17.6 Å². The first-order chi connectivity index (χ1) is 12.4. The zero-order valence-electron chi connectivity index (χ0n) is 15.0. The van der Waals surface area contributed by atoms with E-state index in [1.807, 2.05) is 12.1 Å². The second-order valence-electron chi connectivity index (χ2n) is 6.94. The summed E-state index contributed by atoms with van der Waals surface area (Å²) in [5.74, 6) is 2.22. The molecule has 1 aliphatic heterocycles. The van der Waals surface area contributed by atoms with Gasteiger partial charge in [-0.1, -0.05) is 23.9 Å². The number of methoxy groups -OCH3 is 1. The summed E-state index contributed by atoms with van der Waals surface area (Å²) < 4.78 is 11.1. The van der Waals surface area contributed by atoms with Gasteiger partial charge in [-0.15, -0.1) is 11.3 Å². The number of nitrogen functional groups attached to an aromatic ring is 1. The quantitative estimate of drug-likeness (QED) is 0.528. The van der Waals surface area contributed by atoms with Crippen molar-refractivity contribution in [3.05, 3.63) is 40.3 Å². The van der Waals surface area contributed by atoms with E-state index in [1.54, 1.807) is 30.2 Å². The summed E-state index contributed by atoms with van der Waals surface area (Å²) in [7, 11) is 1.67. The largest absolute Gasteiger partial charge is 0.497 e. The highest BCUT2D eigenvalue weighted by molar-refractivity contribution is 7.98. The van der Waals surface area contributed by atoms with Gasteiger partial charge >= 0.3 is 0 Å². The molecular weight excluding hydrogens is 366 g/mol. The van der Waals surface area contributed by atoms with Crippen molar-refractivity contribution in [1.29, 1.82) is 0 Å². The maximum Gasteiger partial charge on any atom is 0.191 e. The van der Waals surface area contributed by atoms with Crippen molar-refractivity contribution in [2.24, 2.45) is 0 Å². The number of hydrogen-bond donors (Lipinski definition) is 1. The fraction of sp³-hybridized carbons (Fsp3) is 0.368. The second-order valence-corrected chi connectivity index (χ2v) is 8.96. The van der Waals surface area contributed by atoms with Gasteiger partial charge in [-0.25, -0.2) is 9.97 Å². The van der Waals surface area contributed by atoms with Crippen molar-refractivity contribution >= 4 is 39.1 Å². The number of ether oxygens (including phenoxy) is 2. The SMILES string of the molecule is COc1ccc(CSc2nc(N)c3c4c(sc3n2)COC(C)(C)C4)cc1. The van der Waals surface area contributed by atoms with Crippen LogP contribution in [0.15, 0.2) is 29.4 Å². The Morgan fingerprint density at radius 3 is 2.77 bits per heavy atom. The standard InChI is InChI=1S/C19H21N3O2S2/c1-19(2)8-13-14(9-24-19)26-17-15(13)16(20)21-18(22-17)25-10-11-4-6-12(23-3)7-5-11/h4-7H,8-10H2,1-3H3,(H2,20,21,22). The molecule has 3 aromatic rings. The maximum atomic E-state index is 6.31. The van der Waals surface area contributed by atoms with Crippen LogP contribution in [0.25, 0.3) is 10.2 Å². The van der Waals surface area contributed by atoms with E-state index in [0.717, 1.165) is 28.1 Å². The zero-order valence-corrected chi connectivity index (χ0v) is 16.7. The number of nitrogens with two attached hydrogens (primary N) is 1. The number of thioether (sulfide) groups is 1. The van der Waals surface area contributed by atoms with Gasteiger partial charge in [-0.3, -0.25) is 0 Å². The molecule has 2 aromatic heterocycles. The van der Waals surface area contributed by atoms with Crippen LogP contribution in [0.1, 0.15) is 29.9 Å². The third-order valence-electron chi connectivity index (χ3n) is 4.47. The minimum Gasteiger partial charge on any atom is -0.497 e. The van der Waals surface area contributed by atoms with Crippen LogP contribution in [0.5, 0.6) is 5.75 Å². The molecule has 1 aromatic carbocycles. The first-order valence-corrected chi connectivity index (χ1v) is 10.2. The van der Waals surface area contributed by atoms with Crippen LogP contribution in [-0.2, 0) is 23.5 Å². The molecule has 1 aliphatic rings. The number of nitrogens with zero attached hydrogens (tertiary/aromatic N) is 2. The lowest BCUT2D eigenvalue weighted by molar-refractivity contribution is -0.0379. The Labute approximate surface area is 160 Å². The van der Waals surface area contributed by atoms with E-state index < -0.39 is 0 Å². The Bertz CT molecular complexity index is 952. The Morgan fingerprint density at radius 1 is 1.27 bits per heavy atom. The molecule has 2 N–H and O–H groups in total. The molecule has 0 fully saturated rings. The molecule has 0 aliphatic carbocycles. The molecule has 0 atom stereocenters. The summed E-state index contributed by atoms with van der Waals surface area (Å²) in [5.41, 5.74) is 8.58. The zero-order chi connectivity index (χ0) is 18.3. The molecule has 0 amide bonds. The van der Waals surface area contributed by atoms with E-state index in [2.05, 4.69) is 31.0 Å². The van der Waals surface area contributed by atoms with Crippen LogP contribution in [0.3, 0.4) is 0 Å². The Kier molecular flexibility index (Phi) is 4.54. The van der Waals surface area contributed by atoms with Crippen molar-refractivity contribution in [3.63, 3.8) is 0 Å². The monoisotopic (exact) mass is 387 g/mol. The van der Waals surface area contributed by atoms with Crippen LogP contribution in [0.2, 0.25) is 0 Å². The minimum absolute atomic E-state index is 0.171. The topological polar surface area (TPSA) is 70.3 Å². The van der Waals surface area contributed by atoms with Crippen molar-refractivity contribution in [2.75, 3.05) is 12.8 Å². The van der Waals surface area contributed by atoms with Gasteiger partial charge < -0.3 is 15.2 Å². The molecule has 0 radical (unpaired) electrons. The number of hydrogen-bond acceptors (Lipinski definition) is 7. The molecule has 7 heteroatoms. The molecule has 26 heavy (non-hydrogen) atoms. The van der Waals surface area contributed by atoms with Crippen LogP contribution in [-0.4, -0.2) is 22.7 Å². The summed E-state index contributed by atoms with van der Waals surface area (Å²) in [4.78, 5) is 11.5. The summed E-state index contributed by atoms with van der Waals surface area (Å²) in [6.07, 6.45) is 0.841. The lowest BCUT2D eigenvalue weighted by atomic mass is 9.94. The predicted octanol–water partition coefficient (Wildman–Crippen LogP) is 4.43. The van der Waals surface area contributed by atoms with Gasteiger partial charge in [-0.2, -0.15) is 0 Å². The van der Waals surface area contributed by atoms with E-state index in [-0.39, 0.29) is 5.60 Å². The van der Waals surface area contributed by atoms with Crippen LogP contribution in [0, 0.1) is 0 Å². The van der Waals surface area contributed by atoms with Crippen molar-refractivity contribution in [3.8, 4) is 5.75 Å². The van der Waals surface area contributed by atoms with Crippen LogP contribution in [0.4, 0.5) is 5.82 Å². The molecule has 0 bridgehead atoms.